The van der Waals surface area contributed by atoms with Gasteiger partial charge < -0.3 is 5.32 Å². The normalized spacial score (nSPS) is 29.8. The van der Waals surface area contributed by atoms with Gasteiger partial charge in [0.15, 0.2) is 0 Å². The van der Waals surface area contributed by atoms with Gasteiger partial charge in [0.2, 0.25) is 0 Å². The van der Waals surface area contributed by atoms with E-state index in [1.807, 2.05) is 0 Å². The maximum Gasteiger partial charge on any atom is 0.0249 e. The molecular weight excluding hydrogens is 208 g/mol. The first-order valence-electron chi connectivity index (χ1n) is 7.85. The number of hydrogen-bond donors (Lipinski definition) is 1. The molecule has 0 aromatic rings. The minimum absolute atomic E-state index is 0.775. The van der Waals surface area contributed by atoms with E-state index in [0.717, 1.165) is 18.1 Å². The molecule has 2 rings (SSSR count). The molecule has 2 unspecified atom stereocenters. The average Bonchev–Trinajstić information content (AvgIpc) is 2.74. The summed E-state index contributed by atoms with van der Waals surface area (Å²) in [7, 11) is 0. The maximum atomic E-state index is 3.98. The maximum absolute atomic E-state index is 3.98. The number of nitrogens with one attached hydrogen (secondary N) is 1. The molecule has 100 valence electrons. The number of piperidine rings is 1. The molecule has 2 aliphatic rings. The Morgan fingerprint density at radius 3 is 2.53 bits per heavy atom. The van der Waals surface area contributed by atoms with Crippen LogP contribution in [0.5, 0.6) is 0 Å². The molecule has 0 spiro atoms. The lowest BCUT2D eigenvalue weighted by Gasteiger charge is -2.34. The summed E-state index contributed by atoms with van der Waals surface area (Å²) in [4.78, 5) is 2.73. The van der Waals surface area contributed by atoms with E-state index >= 15 is 0 Å². The molecule has 2 aliphatic heterocycles. The molecule has 0 amide bonds. The lowest BCUT2D eigenvalue weighted by molar-refractivity contribution is 0.174. The third-order valence-electron chi connectivity index (χ3n) is 4.58. The summed E-state index contributed by atoms with van der Waals surface area (Å²) in [5, 5.41) is 3.98. The summed E-state index contributed by atoms with van der Waals surface area (Å²) < 4.78 is 0. The quantitative estimate of drug-likeness (QED) is 0.764. The van der Waals surface area contributed by atoms with E-state index in [1.165, 1.54) is 64.5 Å². The first kappa shape index (κ1) is 13.4. The Kier molecular flexibility index (Phi) is 5.30. The molecule has 17 heavy (non-hydrogen) atoms. The van der Waals surface area contributed by atoms with Crippen LogP contribution in [0.25, 0.3) is 0 Å². The SMILES string of the molecule is CCCC(CCC)NC1CCN2CCCCC12. The van der Waals surface area contributed by atoms with Gasteiger partial charge in [0.1, 0.15) is 0 Å². The second kappa shape index (κ2) is 6.75. The number of hydrogen-bond acceptors (Lipinski definition) is 2. The van der Waals surface area contributed by atoms with Gasteiger partial charge in [-0.2, -0.15) is 0 Å². The van der Waals surface area contributed by atoms with Gasteiger partial charge in [0.25, 0.3) is 0 Å². The van der Waals surface area contributed by atoms with E-state index in [2.05, 4.69) is 24.1 Å². The molecule has 2 heteroatoms. The highest BCUT2D eigenvalue weighted by molar-refractivity contribution is 4.95. The van der Waals surface area contributed by atoms with Gasteiger partial charge in [-0.3, -0.25) is 4.90 Å². The van der Waals surface area contributed by atoms with Crippen molar-refractivity contribution in [1.82, 2.24) is 10.2 Å². The molecule has 0 aliphatic carbocycles. The summed E-state index contributed by atoms with van der Waals surface area (Å²) in [6, 6.07) is 2.43. The van der Waals surface area contributed by atoms with Gasteiger partial charge in [-0.15, -0.1) is 0 Å². The number of nitrogens with zero attached hydrogens (tertiary/aromatic N) is 1. The minimum Gasteiger partial charge on any atom is -0.310 e. The fraction of sp³-hybridized carbons (Fsp3) is 1.00. The lowest BCUT2D eigenvalue weighted by atomic mass is 9.97. The summed E-state index contributed by atoms with van der Waals surface area (Å²) in [5.41, 5.74) is 0. The van der Waals surface area contributed by atoms with E-state index < -0.39 is 0 Å². The van der Waals surface area contributed by atoms with E-state index in [9.17, 15) is 0 Å². The third kappa shape index (κ3) is 3.45. The van der Waals surface area contributed by atoms with Crippen LogP contribution < -0.4 is 5.32 Å². The van der Waals surface area contributed by atoms with Crippen molar-refractivity contribution < 1.29 is 0 Å². The second-order valence-corrected chi connectivity index (χ2v) is 5.94. The topological polar surface area (TPSA) is 15.3 Å². The fourth-order valence-corrected chi connectivity index (χ4v) is 3.75. The summed E-state index contributed by atoms with van der Waals surface area (Å²) in [5.74, 6) is 0. The zero-order valence-electron chi connectivity index (χ0n) is 11.8. The van der Waals surface area contributed by atoms with Crippen molar-refractivity contribution >= 4 is 0 Å². The van der Waals surface area contributed by atoms with Gasteiger partial charge in [-0.05, 0) is 38.6 Å². The lowest BCUT2D eigenvalue weighted by Crippen LogP contribution is -2.48. The van der Waals surface area contributed by atoms with E-state index in [0.29, 0.717) is 0 Å². The summed E-state index contributed by atoms with van der Waals surface area (Å²) >= 11 is 0. The monoisotopic (exact) mass is 238 g/mol. The average molecular weight is 238 g/mol. The third-order valence-corrected chi connectivity index (χ3v) is 4.58. The van der Waals surface area contributed by atoms with Crippen LogP contribution in [0, 0.1) is 0 Å². The molecule has 2 nitrogen and oxygen atoms in total. The molecule has 1 N–H and O–H groups in total. The van der Waals surface area contributed by atoms with Crippen LogP contribution in [0.4, 0.5) is 0 Å². The Morgan fingerprint density at radius 1 is 1.06 bits per heavy atom. The van der Waals surface area contributed by atoms with Crippen LogP contribution in [0.2, 0.25) is 0 Å². The van der Waals surface area contributed by atoms with E-state index in [4.69, 9.17) is 0 Å². The van der Waals surface area contributed by atoms with Gasteiger partial charge in [-0.1, -0.05) is 33.1 Å². The molecule has 0 radical (unpaired) electrons. The van der Waals surface area contributed by atoms with Crippen LogP contribution in [0.1, 0.15) is 65.2 Å². The molecule has 0 saturated carbocycles. The predicted molar refractivity (Wildman–Crippen MR) is 74.4 cm³/mol. The second-order valence-electron chi connectivity index (χ2n) is 5.94. The zero-order chi connectivity index (χ0) is 12.1. The highest BCUT2D eigenvalue weighted by Gasteiger charge is 2.35. The van der Waals surface area contributed by atoms with Crippen molar-refractivity contribution in [2.75, 3.05) is 13.1 Å². The predicted octanol–water partition coefficient (Wildman–Crippen LogP) is 3.17. The Labute approximate surface area is 107 Å². The summed E-state index contributed by atoms with van der Waals surface area (Å²) in [6.07, 6.45) is 11.0. The van der Waals surface area contributed by atoms with Gasteiger partial charge in [-0.25, -0.2) is 0 Å². The van der Waals surface area contributed by atoms with Crippen LogP contribution >= 0.6 is 0 Å². The van der Waals surface area contributed by atoms with Gasteiger partial charge >= 0.3 is 0 Å². The Bertz CT molecular complexity index is 211. The van der Waals surface area contributed by atoms with E-state index in [1.54, 1.807) is 0 Å². The molecule has 2 fully saturated rings. The number of fused-ring (bicyclic) bond motifs is 1. The highest BCUT2D eigenvalue weighted by Crippen LogP contribution is 2.27. The van der Waals surface area contributed by atoms with Crippen molar-refractivity contribution in [1.29, 1.82) is 0 Å². The van der Waals surface area contributed by atoms with Crippen LogP contribution in [0.15, 0.2) is 0 Å². The standard InChI is InChI=1S/C15H30N2/c1-3-7-13(8-4-2)16-14-10-12-17-11-6-5-9-15(14)17/h13-16H,3-12H2,1-2H3. The first-order chi connectivity index (χ1) is 8.35. The van der Waals surface area contributed by atoms with Crippen LogP contribution in [0.3, 0.4) is 0 Å². The minimum atomic E-state index is 0.775. The Hall–Kier alpha value is -0.0800. The van der Waals surface area contributed by atoms with Crippen LogP contribution in [-0.2, 0) is 0 Å². The van der Waals surface area contributed by atoms with E-state index in [-0.39, 0.29) is 0 Å². The molecular formula is C15H30N2. The molecule has 2 atom stereocenters. The largest absolute Gasteiger partial charge is 0.310 e. The molecule has 0 aromatic heterocycles. The van der Waals surface area contributed by atoms with Crippen molar-refractivity contribution in [3.05, 3.63) is 0 Å². The Morgan fingerprint density at radius 2 is 1.82 bits per heavy atom. The molecule has 0 bridgehead atoms. The summed E-state index contributed by atoms with van der Waals surface area (Å²) in [6.45, 7) is 7.32. The molecule has 2 saturated heterocycles. The molecule has 2 heterocycles. The van der Waals surface area contributed by atoms with Gasteiger partial charge in [0.05, 0.1) is 0 Å². The zero-order valence-corrected chi connectivity index (χ0v) is 11.8. The van der Waals surface area contributed by atoms with Crippen molar-refractivity contribution in [3.63, 3.8) is 0 Å². The molecule has 0 aromatic carbocycles. The van der Waals surface area contributed by atoms with Crippen molar-refractivity contribution in [2.45, 2.75) is 83.3 Å². The Balaban J connectivity index is 1.84. The van der Waals surface area contributed by atoms with Crippen LogP contribution in [-0.4, -0.2) is 36.1 Å². The highest BCUT2D eigenvalue weighted by atomic mass is 15.2. The smallest absolute Gasteiger partial charge is 0.0249 e. The number of rotatable bonds is 6. The first-order valence-corrected chi connectivity index (χ1v) is 7.85. The van der Waals surface area contributed by atoms with Crippen molar-refractivity contribution in [3.8, 4) is 0 Å². The van der Waals surface area contributed by atoms with Crippen molar-refractivity contribution in [2.24, 2.45) is 0 Å². The van der Waals surface area contributed by atoms with Gasteiger partial charge in [0, 0.05) is 24.7 Å². The fourth-order valence-electron chi connectivity index (χ4n) is 3.75.